The van der Waals surface area contributed by atoms with Crippen molar-refractivity contribution in [1.82, 2.24) is 0 Å². The molecule has 0 fully saturated rings. The summed E-state index contributed by atoms with van der Waals surface area (Å²) in [6, 6.07) is 15.7. The first-order chi connectivity index (χ1) is 11.5. The normalized spacial score (nSPS) is 17.3. The third kappa shape index (κ3) is 3.26. The molecule has 0 unspecified atom stereocenters. The van der Waals surface area contributed by atoms with E-state index in [1.165, 1.54) is 6.08 Å². The number of hydrogen-bond acceptors (Lipinski definition) is 4. The van der Waals surface area contributed by atoms with Crippen molar-refractivity contribution in [3.05, 3.63) is 65.6 Å². The molecule has 0 aromatic heterocycles. The maximum Gasteiger partial charge on any atom is 0.260 e. The van der Waals surface area contributed by atoms with Gasteiger partial charge in [0.05, 0.1) is 17.6 Å². The summed E-state index contributed by atoms with van der Waals surface area (Å²) in [6.07, 6.45) is 0.479. The highest BCUT2D eigenvalue weighted by molar-refractivity contribution is 7.95. The average molecular weight is 344 g/mol. The van der Waals surface area contributed by atoms with Crippen LogP contribution in [-0.4, -0.2) is 27.0 Å². The molecule has 0 spiro atoms. The Morgan fingerprint density at radius 3 is 2.50 bits per heavy atom. The summed E-state index contributed by atoms with van der Waals surface area (Å²) in [5.41, 5.74) is 6.43. The number of rotatable bonds is 4. The number of nitrogens with zero attached hydrogens (tertiary/aromatic N) is 1. The highest BCUT2D eigenvalue weighted by atomic mass is 32.2. The maximum atomic E-state index is 12.7. The van der Waals surface area contributed by atoms with Gasteiger partial charge in [0, 0.05) is 0 Å². The van der Waals surface area contributed by atoms with E-state index in [2.05, 4.69) is 0 Å². The zero-order valence-corrected chi connectivity index (χ0v) is 13.5. The average Bonchev–Trinajstić information content (AvgIpc) is 2.60. The fourth-order valence-electron chi connectivity index (χ4n) is 2.39. The molecule has 0 aliphatic carbocycles. The van der Waals surface area contributed by atoms with Crippen molar-refractivity contribution in [2.75, 3.05) is 10.8 Å². The molecule has 0 bridgehead atoms. The predicted octanol–water partition coefficient (Wildman–Crippen LogP) is 1.74. The van der Waals surface area contributed by atoms with Gasteiger partial charge in [-0.15, -0.1) is 0 Å². The lowest BCUT2D eigenvalue weighted by Crippen LogP contribution is -2.48. The van der Waals surface area contributed by atoms with E-state index in [0.717, 1.165) is 15.3 Å². The van der Waals surface area contributed by atoms with Gasteiger partial charge in [-0.25, -0.2) is 8.42 Å². The molecule has 1 amide bonds. The highest BCUT2D eigenvalue weighted by Crippen LogP contribution is 2.35. The minimum absolute atomic E-state index is 0.159. The van der Waals surface area contributed by atoms with Crippen LogP contribution in [0.2, 0.25) is 0 Å². The van der Waals surface area contributed by atoms with Crippen LogP contribution in [0.15, 0.2) is 60.0 Å². The van der Waals surface area contributed by atoms with Crippen LogP contribution >= 0.6 is 0 Å². The molecule has 6 nitrogen and oxygen atoms in total. The Labute approximate surface area is 140 Å². The highest BCUT2D eigenvalue weighted by Gasteiger charge is 2.34. The molecule has 124 valence electrons. The predicted molar refractivity (Wildman–Crippen MR) is 91.8 cm³/mol. The number of primary amides is 1. The van der Waals surface area contributed by atoms with E-state index < -0.39 is 22.0 Å². The van der Waals surface area contributed by atoms with Gasteiger partial charge in [0.1, 0.15) is 5.75 Å². The zero-order valence-electron chi connectivity index (χ0n) is 12.7. The Kier molecular flexibility index (Phi) is 4.26. The molecule has 1 heterocycles. The van der Waals surface area contributed by atoms with Crippen molar-refractivity contribution in [2.45, 2.75) is 6.10 Å². The van der Waals surface area contributed by atoms with Gasteiger partial charge in [-0.2, -0.15) is 0 Å². The van der Waals surface area contributed by atoms with E-state index in [4.69, 9.17) is 10.5 Å². The van der Waals surface area contributed by atoms with Gasteiger partial charge in [-0.05, 0) is 23.8 Å². The van der Waals surface area contributed by atoms with Gasteiger partial charge in [0.2, 0.25) is 0 Å². The molecule has 3 rings (SSSR count). The summed E-state index contributed by atoms with van der Waals surface area (Å²) in [5.74, 6) is -0.402. The molecule has 2 aromatic carbocycles. The fraction of sp³-hybridized carbons (Fsp3) is 0.118. The summed E-state index contributed by atoms with van der Waals surface area (Å²) >= 11 is 0. The number of fused-ring (bicyclic) bond motifs is 1. The van der Waals surface area contributed by atoms with Gasteiger partial charge in [0.25, 0.3) is 15.9 Å². The van der Waals surface area contributed by atoms with Crippen molar-refractivity contribution in [3.63, 3.8) is 0 Å². The lowest BCUT2D eigenvalue weighted by Gasteiger charge is -2.33. The number of hydrogen-bond donors (Lipinski definition) is 1. The molecular formula is C17H16N2O4S. The van der Waals surface area contributed by atoms with Crippen molar-refractivity contribution in [2.24, 2.45) is 5.73 Å². The standard InChI is InChI=1S/C17H16N2O4S/c18-17(20)16-12-19(14-8-4-5-9-15(14)23-16)24(21,22)11-10-13-6-2-1-3-7-13/h1-11,16H,12H2,(H2,18,20)/b11-10+/t16-/m1/s1. The Balaban J connectivity index is 1.97. The minimum atomic E-state index is -3.80. The minimum Gasteiger partial charge on any atom is -0.476 e. The van der Waals surface area contributed by atoms with E-state index in [1.807, 2.05) is 18.2 Å². The second-order valence-corrected chi connectivity index (χ2v) is 7.01. The summed E-state index contributed by atoms with van der Waals surface area (Å²) in [5, 5.41) is 1.11. The molecule has 1 aliphatic heterocycles. The molecule has 0 radical (unpaired) electrons. The summed E-state index contributed by atoms with van der Waals surface area (Å²) in [4.78, 5) is 11.5. The smallest absolute Gasteiger partial charge is 0.260 e. The van der Waals surface area contributed by atoms with Crippen molar-refractivity contribution in [1.29, 1.82) is 0 Å². The quantitative estimate of drug-likeness (QED) is 0.915. The first kappa shape index (κ1) is 16.1. The van der Waals surface area contributed by atoms with E-state index in [1.54, 1.807) is 36.4 Å². The number of ether oxygens (including phenoxy) is 1. The largest absolute Gasteiger partial charge is 0.476 e. The summed E-state index contributed by atoms with van der Waals surface area (Å²) < 4.78 is 32.1. The van der Waals surface area contributed by atoms with Gasteiger partial charge in [-0.3, -0.25) is 9.10 Å². The van der Waals surface area contributed by atoms with Crippen LogP contribution in [0.1, 0.15) is 5.56 Å². The molecule has 1 aliphatic rings. The SMILES string of the molecule is NC(=O)[C@H]1CN(S(=O)(=O)/C=C/c2ccccc2)c2ccccc2O1. The molecule has 0 saturated carbocycles. The van der Waals surface area contributed by atoms with Gasteiger partial charge in [-0.1, -0.05) is 42.5 Å². The van der Waals surface area contributed by atoms with E-state index in [0.29, 0.717) is 11.4 Å². The first-order valence-corrected chi connectivity index (χ1v) is 8.78. The third-order valence-electron chi connectivity index (χ3n) is 3.59. The molecule has 24 heavy (non-hydrogen) atoms. The van der Waals surface area contributed by atoms with Crippen LogP contribution in [0.5, 0.6) is 5.75 Å². The number of carbonyl (C=O) groups excluding carboxylic acids is 1. The lowest BCUT2D eigenvalue weighted by atomic mass is 10.2. The maximum absolute atomic E-state index is 12.7. The van der Waals surface area contributed by atoms with Crippen molar-refractivity contribution >= 4 is 27.7 Å². The number of amides is 1. The Morgan fingerprint density at radius 1 is 1.12 bits per heavy atom. The number of carbonyl (C=O) groups is 1. The number of anilines is 1. The van der Waals surface area contributed by atoms with Crippen LogP contribution in [0.4, 0.5) is 5.69 Å². The van der Waals surface area contributed by atoms with E-state index in [9.17, 15) is 13.2 Å². The second kappa shape index (κ2) is 6.37. The van der Waals surface area contributed by atoms with Gasteiger partial charge in [0.15, 0.2) is 6.10 Å². The number of nitrogens with two attached hydrogens (primary N) is 1. The zero-order chi connectivity index (χ0) is 17.2. The third-order valence-corrected chi connectivity index (χ3v) is 5.03. The van der Waals surface area contributed by atoms with E-state index >= 15 is 0 Å². The molecule has 1 atom stereocenters. The van der Waals surface area contributed by atoms with Crippen LogP contribution in [0.25, 0.3) is 6.08 Å². The summed E-state index contributed by atoms with van der Waals surface area (Å²) in [6.45, 7) is -0.159. The Bertz CT molecular complexity index is 878. The number of benzene rings is 2. The topological polar surface area (TPSA) is 89.7 Å². The summed E-state index contributed by atoms with van der Waals surface area (Å²) in [7, 11) is -3.80. The Morgan fingerprint density at radius 2 is 1.79 bits per heavy atom. The van der Waals surface area contributed by atoms with Crippen molar-refractivity contribution < 1.29 is 17.9 Å². The fourth-order valence-corrected chi connectivity index (χ4v) is 3.64. The van der Waals surface area contributed by atoms with E-state index in [-0.39, 0.29) is 6.54 Å². The number of sulfonamides is 1. The Hall–Kier alpha value is -2.80. The van der Waals surface area contributed by atoms with Crippen LogP contribution in [-0.2, 0) is 14.8 Å². The molecule has 2 N–H and O–H groups in total. The molecular weight excluding hydrogens is 328 g/mol. The van der Waals surface area contributed by atoms with Crippen molar-refractivity contribution in [3.8, 4) is 5.75 Å². The van der Waals surface area contributed by atoms with Gasteiger partial charge >= 0.3 is 0 Å². The van der Waals surface area contributed by atoms with Crippen LogP contribution < -0.4 is 14.8 Å². The molecule has 2 aromatic rings. The van der Waals surface area contributed by atoms with Gasteiger partial charge < -0.3 is 10.5 Å². The molecule has 7 heteroatoms. The molecule has 0 saturated heterocycles. The number of para-hydroxylation sites is 2. The van der Waals surface area contributed by atoms with Crippen LogP contribution in [0, 0.1) is 0 Å². The second-order valence-electron chi connectivity index (χ2n) is 5.27. The van der Waals surface area contributed by atoms with Crippen LogP contribution in [0.3, 0.4) is 0 Å². The monoisotopic (exact) mass is 344 g/mol. The first-order valence-electron chi connectivity index (χ1n) is 7.28. The lowest BCUT2D eigenvalue weighted by molar-refractivity contribution is -0.124.